The molecule has 34 nitrogen and oxygen atoms in total. The molecule has 0 fully saturated rings. The Hall–Kier alpha value is -7.59. The SMILES string of the molecule is C#CCOCCOCCOCCOCCC(=O)N(Cc1cn(CCO[C@@H]([C@@H]2OC(C(=O)OC)=C[C@H](N=C(N)N)[C@H]2NC(C)=O)[C@H](O)CO)nn1)Cc1cn(CCO[C@@H]([C@@H]2OC(C(=O)OC)=C[C@H](N=C(N)N)[C@H]2NC(C)=O)[C@H](O)CO)nn1. The van der Waals surface area contributed by atoms with E-state index in [1.165, 1.54) is 52.7 Å². The zero-order valence-corrected chi connectivity index (χ0v) is 45.9. The number of aromatic nitrogens is 6. The normalized spacial score (nSPS) is 19.9. The van der Waals surface area contributed by atoms with Gasteiger partial charge in [0, 0.05) is 13.8 Å². The van der Waals surface area contributed by atoms with Gasteiger partial charge in [-0.1, -0.05) is 16.3 Å². The summed E-state index contributed by atoms with van der Waals surface area (Å²) >= 11 is 0. The molecule has 0 spiro atoms. The van der Waals surface area contributed by atoms with Gasteiger partial charge < -0.3 is 106 Å². The Morgan fingerprint density at radius 1 is 0.683 bits per heavy atom. The number of nitrogens with one attached hydrogen (secondary N) is 2. The molecule has 3 amide bonds. The van der Waals surface area contributed by atoms with Crippen LogP contribution in [0.25, 0.3) is 0 Å². The number of nitrogens with zero attached hydrogens (tertiary/aromatic N) is 9. The molecule has 0 saturated heterocycles. The number of aliphatic hydroxyl groups excluding tert-OH is 4. The summed E-state index contributed by atoms with van der Waals surface area (Å²) in [6, 6.07) is -4.42. The van der Waals surface area contributed by atoms with Crippen LogP contribution in [0.15, 0.2) is 46.0 Å². The molecule has 82 heavy (non-hydrogen) atoms. The van der Waals surface area contributed by atoms with E-state index < -0.39 is 97.8 Å². The Labute approximate surface area is 471 Å². The molecule has 0 radical (unpaired) electrons. The fourth-order valence-electron chi connectivity index (χ4n) is 8.18. The molecule has 4 rings (SSSR count). The first-order valence-corrected chi connectivity index (χ1v) is 25.6. The number of carbonyl (C=O) groups is 5. The summed E-state index contributed by atoms with van der Waals surface area (Å²) in [6.07, 6.45) is 1.84. The predicted octanol–water partition coefficient (Wildman–Crippen LogP) is -6.83. The second-order valence-corrected chi connectivity index (χ2v) is 18.0. The fraction of sp³-hybridized carbons (Fsp3) is 0.646. The number of aliphatic hydroxyl groups is 4. The number of guanidine groups is 2. The Bertz CT molecular complexity index is 2370. The molecular weight excluding hydrogens is 1090 g/mol. The van der Waals surface area contributed by atoms with Crippen molar-refractivity contribution in [3.63, 3.8) is 0 Å². The van der Waals surface area contributed by atoms with Crippen LogP contribution < -0.4 is 33.6 Å². The molecule has 4 heterocycles. The molecule has 14 N–H and O–H groups in total. The zero-order valence-electron chi connectivity index (χ0n) is 45.9. The van der Waals surface area contributed by atoms with Crippen LogP contribution in [0.3, 0.4) is 0 Å². The first-order chi connectivity index (χ1) is 39.3. The smallest absolute Gasteiger partial charge is 0.373 e. The van der Waals surface area contributed by atoms with Gasteiger partial charge >= 0.3 is 11.9 Å². The Kier molecular flexibility index (Phi) is 28.8. The van der Waals surface area contributed by atoms with Gasteiger partial charge in [-0.15, -0.1) is 16.6 Å². The maximum Gasteiger partial charge on any atom is 0.373 e. The molecule has 0 bridgehead atoms. The molecule has 34 heteroatoms. The lowest BCUT2D eigenvalue weighted by molar-refractivity contribution is -0.156. The Morgan fingerprint density at radius 2 is 1.09 bits per heavy atom. The molecule has 2 aliphatic rings. The third-order valence-electron chi connectivity index (χ3n) is 11.8. The van der Waals surface area contributed by atoms with Crippen molar-refractivity contribution in [1.82, 2.24) is 45.5 Å². The monoisotopic (exact) mass is 1170 g/mol. The average Bonchev–Trinajstić information content (AvgIpc) is 3.31. The lowest BCUT2D eigenvalue weighted by Crippen LogP contribution is -2.60. The van der Waals surface area contributed by atoms with Crippen LogP contribution in [0, 0.1) is 12.3 Å². The molecular formula is C48H75N15O19. The van der Waals surface area contributed by atoms with Gasteiger partial charge in [0.2, 0.25) is 29.2 Å². The lowest BCUT2D eigenvalue weighted by atomic mass is 9.92. The van der Waals surface area contributed by atoms with Crippen molar-refractivity contribution in [2.45, 2.75) is 107 Å². The van der Waals surface area contributed by atoms with Crippen molar-refractivity contribution in [2.24, 2.45) is 32.9 Å². The molecule has 0 unspecified atom stereocenters. The largest absolute Gasteiger partial charge is 0.478 e. The summed E-state index contributed by atoms with van der Waals surface area (Å²) in [5, 5.41) is 64.3. The van der Waals surface area contributed by atoms with E-state index in [2.05, 4.69) is 47.2 Å². The number of hydrogen-bond donors (Lipinski definition) is 10. The van der Waals surface area contributed by atoms with Crippen LogP contribution in [0.5, 0.6) is 0 Å². The van der Waals surface area contributed by atoms with E-state index in [-0.39, 0.29) is 102 Å². The number of ether oxygens (including phenoxy) is 10. The van der Waals surface area contributed by atoms with Gasteiger partial charge in [-0.3, -0.25) is 14.4 Å². The second kappa shape index (κ2) is 35.3. The molecule has 0 aliphatic carbocycles. The van der Waals surface area contributed by atoms with Gasteiger partial charge in [0.05, 0.1) is 156 Å². The van der Waals surface area contributed by atoms with E-state index in [0.29, 0.717) is 37.8 Å². The molecule has 2 aliphatic heterocycles. The number of amides is 3. The topological polar surface area (TPSA) is 476 Å². The maximum absolute atomic E-state index is 13.9. The van der Waals surface area contributed by atoms with Crippen molar-refractivity contribution < 1.29 is 91.8 Å². The van der Waals surface area contributed by atoms with Gasteiger partial charge in [-0.25, -0.2) is 28.9 Å². The highest BCUT2D eigenvalue weighted by Gasteiger charge is 2.47. The summed E-state index contributed by atoms with van der Waals surface area (Å²) in [4.78, 5) is 73.6. The summed E-state index contributed by atoms with van der Waals surface area (Å²) in [6.45, 7) is 2.12. The zero-order chi connectivity index (χ0) is 60.1. The predicted molar refractivity (Wildman–Crippen MR) is 281 cm³/mol. The van der Waals surface area contributed by atoms with E-state index in [9.17, 15) is 44.4 Å². The van der Waals surface area contributed by atoms with Crippen LogP contribution in [-0.2, 0) is 97.5 Å². The molecule has 10 atom stereocenters. The number of methoxy groups -OCH3 is 2. The Balaban J connectivity index is 1.48. The number of terminal acetylenes is 1. The molecule has 456 valence electrons. The third-order valence-corrected chi connectivity index (χ3v) is 11.8. The van der Waals surface area contributed by atoms with Crippen molar-refractivity contribution in [3.8, 4) is 12.3 Å². The summed E-state index contributed by atoms with van der Waals surface area (Å²) in [7, 11) is 2.22. The highest BCUT2D eigenvalue weighted by atomic mass is 16.6. The van der Waals surface area contributed by atoms with E-state index in [4.69, 9.17) is 76.7 Å². The minimum atomic E-state index is -1.62. The van der Waals surface area contributed by atoms with Gasteiger partial charge in [0.25, 0.3) is 0 Å². The van der Waals surface area contributed by atoms with Crippen molar-refractivity contribution in [1.29, 1.82) is 0 Å². The van der Waals surface area contributed by atoms with Gasteiger partial charge in [0.1, 0.15) is 42.4 Å². The van der Waals surface area contributed by atoms with Crippen LogP contribution in [0.1, 0.15) is 31.7 Å². The van der Waals surface area contributed by atoms with Gasteiger partial charge in [-0.05, 0) is 12.2 Å². The minimum Gasteiger partial charge on any atom is -0.478 e. The van der Waals surface area contributed by atoms with Crippen LogP contribution >= 0.6 is 0 Å². The van der Waals surface area contributed by atoms with Crippen molar-refractivity contribution in [2.75, 3.05) is 93.5 Å². The highest BCUT2D eigenvalue weighted by Crippen LogP contribution is 2.29. The lowest BCUT2D eigenvalue weighted by Gasteiger charge is -2.40. The number of rotatable bonds is 37. The van der Waals surface area contributed by atoms with Crippen LogP contribution in [-0.4, -0.2) is 251 Å². The quantitative estimate of drug-likeness (QED) is 0.00988. The van der Waals surface area contributed by atoms with Crippen LogP contribution in [0.2, 0.25) is 0 Å². The van der Waals surface area contributed by atoms with Gasteiger partial charge in [-0.2, -0.15) is 0 Å². The minimum absolute atomic E-state index is 0.0134. The maximum atomic E-state index is 13.9. The Morgan fingerprint density at radius 3 is 1.45 bits per heavy atom. The van der Waals surface area contributed by atoms with E-state index in [1.807, 2.05) is 0 Å². The fourth-order valence-corrected chi connectivity index (χ4v) is 8.18. The number of esters is 2. The highest BCUT2D eigenvalue weighted by molar-refractivity contribution is 5.87. The van der Waals surface area contributed by atoms with E-state index in [0.717, 1.165) is 14.2 Å². The summed E-state index contributed by atoms with van der Waals surface area (Å²) in [5.41, 5.74) is 23.3. The second-order valence-electron chi connectivity index (χ2n) is 18.0. The standard InChI is InChI=1S/C48H75N15O19/c1-6-10-75-14-16-77-18-19-78-17-15-76-11-7-38(70)61(22-30-24-62(59-57-30)8-12-79-41(34(68)26-64)43-39(53-28(2)66)32(55-47(49)50)20-36(81-43)45(71)73-4)23-31-25-63(60-58-31)9-13-80-42(35(69)27-65)44-40(54-29(3)67)33(56-48(51)52)21-37(82-44)46(72)74-5/h1,20-21,24-25,32-35,39-44,64-65,68-69H,7-19,22-23,26-27H2,2-5H3,(H,53,66)(H,54,67)(H4,49,50,55)(H4,51,52,56)/t32-,33-,34+,35+,39+,40+,41+,42+,43+,44+/m0/s1. The molecule has 0 saturated carbocycles. The van der Waals surface area contributed by atoms with Crippen molar-refractivity contribution >= 4 is 41.6 Å². The molecule has 0 aromatic carbocycles. The van der Waals surface area contributed by atoms with E-state index >= 15 is 0 Å². The van der Waals surface area contributed by atoms with Crippen LogP contribution in [0.4, 0.5) is 0 Å². The third kappa shape index (κ3) is 22.0. The summed E-state index contributed by atoms with van der Waals surface area (Å²) < 4.78 is 58.1. The first kappa shape index (κ1) is 66.9. The number of carbonyl (C=O) groups excluding carboxylic acids is 5. The van der Waals surface area contributed by atoms with Gasteiger partial charge in [0.15, 0.2) is 24.1 Å². The average molecular weight is 1170 g/mol. The first-order valence-electron chi connectivity index (χ1n) is 25.6. The molecule has 2 aromatic rings. The summed E-state index contributed by atoms with van der Waals surface area (Å²) in [5.74, 6) is -2.39. The number of aliphatic imine (C=N–C) groups is 2. The number of hydrogen-bond acceptors (Lipinski definition) is 25. The molecule has 2 aromatic heterocycles. The van der Waals surface area contributed by atoms with Crippen molar-refractivity contribution in [3.05, 3.63) is 47.5 Å². The number of nitrogens with two attached hydrogens (primary N) is 4. The van der Waals surface area contributed by atoms with E-state index in [1.54, 1.807) is 0 Å².